The van der Waals surface area contributed by atoms with Gasteiger partial charge in [0.2, 0.25) is 0 Å². The Morgan fingerprint density at radius 2 is 2.08 bits per heavy atom. The van der Waals surface area contributed by atoms with Gasteiger partial charge in [0, 0.05) is 38.4 Å². The number of hydrogen-bond donors (Lipinski definition) is 2. The van der Waals surface area contributed by atoms with Crippen LogP contribution in [-0.2, 0) is 4.74 Å². The molecule has 26 heavy (non-hydrogen) atoms. The third-order valence-corrected chi connectivity index (χ3v) is 4.94. The SMILES string of the molecule is CCN(CC)C(=O)c1ccc(Cl)c(NC(=O)NCCC[C@H]2CCOC2)c1. The van der Waals surface area contributed by atoms with Crippen LogP contribution in [0.15, 0.2) is 18.2 Å². The van der Waals surface area contributed by atoms with E-state index >= 15 is 0 Å². The monoisotopic (exact) mass is 381 g/mol. The molecule has 1 aromatic carbocycles. The number of benzene rings is 1. The van der Waals surface area contributed by atoms with Crippen LogP contribution in [0.1, 0.15) is 43.5 Å². The summed E-state index contributed by atoms with van der Waals surface area (Å²) in [7, 11) is 0. The number of carbonyl (C=O) groups excluding carboxylic acids is 2. The second kappa shape index (κ2) is 10.4. The number of urea groups is 1. The van der Waals surface area contributed by atoms with Gasteiger partial charge in [-0.1, -0.05) is 11.6 Å². The maximum atomic E-state index is 12.4. The molecule has 1 aliphatic heterocycles. The summed E-state index contributed by atoms with van der Waals surface area (Å²) in [5.41, 5.74) is 0.945. The number of nitrogens with zero attached hydrogens (tertiary/aromatic N) is 1. The molecule has 0 aromatic heterocycles. The molecule has 6 nitrogen and oxygen atoms in total. The molecule has 0 saturated carbocycles. The summed E-state index contributed by atoms with van der Waals surface area (Å²) in [5.74, 6) is 0.533. The van der Waals surface area contributed by atoms with Crippen molar-refractivity contribution in [1.82, 2.24) is 10.2 Å². The summed E-state index contributed by atoms with van der Waals surface area (Å²) in [6, 6.07) is 4.62. The standard InChI is InChI=1S/C19H28ClN3O3/c1-3-23(4-2)18(24)15-7-8-16(20)17(12-15)22-19(25)21-10-5-6-14-9-11-26-13-14/h7-8,12,14H,3-6,9-11,13H2,1-2H3,(H2,21,22,25)/t14-/m0/s1. The molecule has 0 radical (unpaired) electrons. The van der Waals surface area contributed by atoms with E-state index in [-0.39, 0.29) is 11.9 Å². The van der Waals surface area contributed by atoms with Gasteiger partial charge in [0.15, 0.2) is 0 Å². The third kappa shape index (κ3) is 5.88. The van der Waals surface area contributed by atoms with Crippen molar-refractivity contribution in [1.29, 1.82) is 0 Å². The highest BCUT2D eigenvalue weighted by Crippen LogP contribution is 2.24. The number of rotatable bonds is 8. The van der Waals surface area contributed by atoms with E-state index in [1.807, 2.05) is 13.8 Å². The van der Waals surface area contributed by atoms with Gasteiger partial charge >= 0.3 is 6.03 Å². The fourth-order valence-corrected chi connectivity index (χ4v) is 3.18. The van der Waals surface area contributed by atoms with E-state index < -0.39 is 0 Å². The first kappa shape index (κ1) is 20.5. The normalized spacial score (nSPS) is 16.3. The van der Waals surface area contributed by atoms with E-state index in [1.165, 1.54) is 0 Å². The first-order valence-corrected chi connectivity index (χ1v) is 9.64. The van der Waals surface area contributed by atoms with Gasteiger partial charge in [0.1, 0.15) is 0 Å². The molecule has 7 heteroatoms. The lowest BCUT2D eigenvalue weighted by molar-refractivity contribution is 0.0773. The van der Waals surface area contributed by atoms with Crippen LogP contribution in [0, 0.1) is 5.92 Å². The second-order valence-electron chi connectivity index (χ2n) is 6.42. The number of halogens is 1. The smallest absolute Gasteiger partial charge is 0.319 e. The largest absolute Gasteiger partial charge is 0.381 e. The molecule has 144 valence electrons. The van der Waals surface area contributed by atoms with Crippen molar-refractivity contribution in [2.24, 2.45) is 5.92 Å². The Labute approximate surface area is 160 Å². The maximum Gasteiger partial charge on any atom is 0.319 e. The zero-order valence-corrected chi connectivity index (χ0v) is 16.3. The third-order valence-electron chi connectivity index (χ3n) is 4.61. The molecule has 1 heterocycles. The molecule has 0 bridgehead atoms. The van der Waals surface area contributed by atoms with Crippen LogP contribution in [0.3, 0.4) is 0 Å². The summed E-state index contributed by atoms with van der Waals surface area (Å²) < 4.78 is 5.35. The van der Waals surface area contributed by atoms with Crippen LogP contribution in [-0.4, -0.2) is 49.7 Å². The first-order valence-electron chi connectivity index (χ1n) is 9.26. The highest BCUT2D eigenvalue weighted by Gasteiger charge is 2.16. The van der Waals surface area contributed by atoms with Crippen molar-refractivity contribution in [2.75, 3.05) is 38.2 Å². The summed E-state index contributed by atoms with van der Waals surface area (Å²) in [5, 5.41) is 5.96. The van der Waals surface area contributed by atoms with Crippen molar-refractivity contribution < 1.29 is 14.3 Å². The Hall–Kier alpha value is -1.79. The number of nitrogens with one attached hydrogen (secondary N) is 2. The Kier molecular flexibility index (Phi) is 8.19. The minimum atomic E-state index is -0.318. The lowest BCUT2D eigenvalue weighted by atomic mass is 10.0. The minimum absolute atomic E-state index is 0.0751. The number of ether oxygens (including phenoxy) is 1. The van der Waals surface area contributed by atoms with Gasteiger partial charge in [-0.15, -0.1) is 0 Å². The van der Waals surface area contributed by atoms with Gasteiger partial charge in [-0.3, -0.25) is 4.79 Å². The minimum Gasteiger partial charge on any atom is -0.381 e. The van der Waals surface area contributed by atoms with Gasteiger partial charge in [0.05, 0.1) is 10.7 Å². The predicted octanol–water partition coefficient (Wildman–Crippen LogP) is 3.76. The van der Waals surface area contributed by atoms with Crippen molar-refractivity contribution in [3.8, 4) is 0 Å². The number of amides is 3. The number of carbonyl (C=O) groups is 2. The molecule has 1 aromatic rings. The van der Waals surface area contributed by atoms with Crippen LogP contribution >= 0.6 is 11.6 Å². The lowest BCUT2D eigenvalue weighted by Crippen LogP contribution is -2.31. The highest BCUT2D eigenvalue weighted by molar-refractivity contribution is 6.33. The van der Waals surface area contributed by atoms with E-state index in [2.05, 4.69) is 10.6 Å². The number of hydrogen-bond acceptors (Lipinski definition) is 3. The summed E-state index contributed by atoms with van der Waals surface area (Å²) >= 11 is 6.16. The summed E-state index contributed by atoms with van der Waals surface area (Å²) in [6.07, 6.45) is 3.07. The zero-order valence-electron chi connectivity index (χ0n) is 15.5. The molecular weight excluding hydrogens is 354 g/mol. The molecule has 2 rings (SSSR count). The molecule has 1 saturated heterocycles. The topological polar surface area (TPSA) is 70.7 Å². The Morgan fingerprint density at radius 3 is 2.73 bits per heavy atom. The fourth-order valence-electron chi connectivity index (χ4n) is 3.02. The van der Waals surface area contributed by atoms with Crippen molar-refractivity contribution >= 4 is 29.2 Å². The molecule has 0 spiro atoms. The van der Waals surface area contributed by atoms with E-state index in [1.54, 1.807) is 23.1 Å². The molecule has 1 atom stereocenters. The van der Waals surface area contributed by atoms with E-state index in [9.17, 15) is 9.59 Å². The predicted molar refractivity (Wildman–Crippen MR) is 104 cm³/mol. The van der Waals surface area contributed by atoms with Gasteiger partial charge in [0.25, 0.3) is 5.91 Å². The second-order valence-corrected chi connectivity index (χ2v) is 6.83. The van der Waals surface area contributed by atoms with Crippen LogP contribution < -0.4 is 10.6 Å². The van der Waals surface area contributed by atoms with E-state index in [0.717, 1.165) is 32.5 Å². The van der Waals surface area contributed by atoms with E-state index in [0.29, 0.717) is 41.8 Å². The van der Waals surface area contributed by atoms with Crippen LogP contribution in [0.4, 0.5) is 10.5 Å². The average molecular weight is 382 g/mol. The van der Waals surface area contributed by atoms with Gasteiger partial charge in [-0.25, -0.2) is 4.79 Å². The molecule has 0 unspecified atom stereocenters. The summed E-state index contributed by atoms with van der Waals surface area (Å²) in [4.78, 5) is 26.2. The summed E-state index contributed by atoms with van der Waals surface area (Å²) in [6.45, 7) is 7.40. The zero-order chi connectivity index (χ0) is 18.9. The first-order chi connectivity index (χ1) is 12.5. The fraction of sp³-hybridized carbons (Fsp3) is 0.579. The van der Waals surface area contributed by atoms with Gasteiger partial charge in [-0.05, 0) is 57.2 Å². The highest BCUT2D eigenvalue weighted by atomic mass is 35.5. The molecule has 1 fully saturated rings. The molecule has 3 amide bonds. The van der Waals surface area contributed by atoms with Crippen LogP contribution in [0.5, 0.6) is 0 Å². The van der Waals surface area contributed by atoms with E-state index in [4.69, 9.17) is 16.3 Å². The molecule has 2 N–H and O–H groups in total. The Bertz CT molecular complexity index is 614. The van der Waals surface area contributed by atoms with Crippen molar-refractivity contribution in [3.63, 3.8) is 0 Å². The maximum absolute atomic E-state index is 12.4. The van der Waals surface area contributed by atoms with Gasteiger partial charge < -0.3 is 20.3 Å². The number of anilines is 1. The lowest BCUT2D eigenvalue weighted by Gasteiger charge is -2.19. The molecule has 1 aliphatic rings. The molecular formula is C19H28ClN3O3. The Morgan fingerprint density at radius 1 is 1.31 bits per heavy atom. The van der Waals surface area contributed by atoms with Crippen molar-refractivity contribution in [3.05, 3.63) is 28.8 Å². The van der Waals surface area contributed by atoms with Crippen LogP contribution in [0.2, 0.25) is 5.02 Å². The Balaban J connectivity index is 1.86. The quantitative estimate of drug-likeness (QED) is 0.673. The average Bonchev–Trinajstić information content (AvgIpc) is 3.15. The molecule has 0 aliphatic carbocycles. The van der Waals surface area contributed by atoms with Gasteiger partial charge in [-0.2, -0.15) is 0 Å². The van der Waals surface area contributed by atoms with Crippen molar-refractivity contribution in [2.45, 2.75) is 33.1 Å². The van der Waals surface area contributed by atoms with Crippen LogP contribution in [0.25, 0.3) is 0 Å².